The summed E-state index contributed by atoms with van der Waals surface area (Å²) in [6.45, 7) is 2.50. The molecule has 0 fully saturated rings. The summed E-state index contributed by atoms with van der Waals surface area (Å²) in [7, 11) is 1.53. The maximum Gasteiger partial charge on any atom is 0.343 e. The number of thioether (sulfide) groups is 1. The quantitative estimate of drug-likeness (QED) is 0.523. The molecule has 29 heavy (non-hydrogen) atoms. The minimum absolute atomic E-state index is 0.249. The van der Waals surface area contributed by atoms with Gasteiger partial charge in [0, 0.05) is 12.2 Å². The normalized spacial score (nSPS) is 11.8. The molecule has 2 N–H and O–H groups in total. The van der Waals surface area contributed by atoms with Crippen molar-refractivity contribution in [2.24, 2.45) is 0 Å². The van der Waals surface area contributed by atoms with Gasteiger partial charge in [-0.2, -0.15) is 0 Å². The van der Waals surface area contributed by atoms with Gasteiger partial charge in [0.1, 0.15) is 11.0 Å². The van der Waals surface area contributed by atoms with Crippen molar-refractivity contribution in [3.63, 3.8) is 0 Å². The number of halogens is 1. The van der Waals surface area contributed by atoms with E-state index in [1.165, 1.54) is 23.4 Å². The first kappa shape index (κ1) is 21.0. The van der Waals surface area contributed by atoms with Gasteiger partial charge in [0.2, 0.25) is 5.91 Å². The third kappa shape index (κ3) is 5.02. The lowest BCUT2D eigenvalue weighted by atomic mass is 10.1. The third-order valence-corrected chi connectivity index (χ3v) is 5.69. The SMILES string of the molecule is CCCn1c(S[C@@H](C(=O)Nc2ccc(OC)c(Cl)c2)c2ccccc2)n[nH]c1=O. The van der Waals surface area contributed by atoms with E-state index >= 15 is 0 Å². The van der Waals surface area contributed by atoms with E-state index in [-0.39, 0.29) is 11.6 Å². The number of rotatable bonds is 8. The van der Waals surface area contributed by atoms with E-state index in [9.17, 15) is 9.59 Å². The Bertz CT molecular complexity index is 1040. The van der Waals surface area contributed by atoms with Crippen LogP contribution in [0.2, 0.25) is 5.02 Å². The zero-order chi connectivity index (χ0) is 20.8. The van der Waals surface area contributed by atoms with Crippen LogP contribution in [-0.2, 0) is 11.3 Å². The number of carbonyl (C=O) groups is 1. The standard InChI is InChI=1S/C20H21ClN4O3S/c1-3-11-25-19(27)23-24-20(25)29-17(13-7-5-4-6-8-13)18(26)22-14-9-10-16(28-2)15(21)12-14/h4-10,12,17H,3,11H2,1-2H3,(H,22,26)(H,23,27)/t17-/m1/s1. The molecule has 2 aromatic carbocycles. The molecule has 0 bridgehead atoms. The van der Waals surface area contributed by atoms with Crippen LogP contribution in [0, 0.1) is 0 Å². The molecular weight excluding hydrogens is 412 g/mol. The van der Waals surface area contributed by atoms with Crippen LogP contribution in [0.1, 0.15) is 24.2 Å². The number of H-pyrrole nitrogens is 1. The van der Waals surface area contributed by atoms with Crippen LogP contribution in [0.25, 0.3) is 0 Å². The highest BCUT2D eigenvalue weighted by Gasteiger charge is 2.25. The maximum atomic E-state index is 13.1. The predicted molar refractivity (Wildman–Crippen MR) is 115 cm³/mol. The number of anilines is 1. The summed E-state index contributed by atoms with van der Waals surface area (Å²) in [4.78, 5) is 25.1. The van der Waals surface area contributed by atoms with Crippen LogP contribution in [0.5, 0.6) is 5.75 Å². The summed E-state index contributed by atoms with van der Waals surface area (Å²) < 4.78 is 6.69. The molecule has 0 unspecified atom stereocenters. The summed E-state index contributed by atoms with van der Waals surface area (Å²) in [6, 6.07) is 14.4. The van der Waals surface area contributed by atoms with Crippen molar-refractivity contribution in [1.82, 2.24) is 14.8 Å². The maximum absolute atomic E-state index is 13.1. The Morgan fingerprint density at radius 3 is 2.72 bits per heavy atom. The predicted octanol–water partition coefficient (Wildman–Crippen LogP) is 4.12. The second-order valence-corrected chi connectivity index (χ2v) is 7.69. The topological polar surface area (TPSA) is 89.0 Å². The Hall–Kier alpha value is -2.71. The molecule has 0 aliphatic heterocycles. The first-order valence-corrected chi connectivity index (χ1v) is 10.3. The average molecular weight is 433 g/mol. The van der Waals surface area contributed by atoms with E-state index < -0.39 is 5.25 Å². The van der Waals surface area contributed by atoms with Gasteiger partial charge in [-0.15, -0.1) is 5.10 Å². The van der Waals surface area contributed by atoms with E-state index in [4.69, 9.17) is 16.3 Å². The lowest BCUT2D eigenvalue weighted by Crippen LogP contribution is -2.21. The number of aromatic amines is 1. The number of aromatic nitrogens is 3. The average Bonchev–Trinajstić information content (AvgIpc) is 3.06. The zero-order valence-corrected chi connectivity index (χ0v) is 17.6. The molecule has 1 aromatic heterocycles. The monoisotopic (exact) mass is 432 g/mol. The summed E-state index contributed by atoms with van der Waals surface area (Å²) in [6.07, 6.45) is 0.777. The van der Waals surface area contributed by atoms with Gasteiger partial charge in [-0.1, -0.05) is 60.6 Å². The van der Waals surface area contributed by atoms with Crippen LogP contribution in [-0.4, -0.2) is 27.8 Å². The van der Waals surface area contributed by atoms with Crippen LogP contribution < -0.4 is 15.7 Å². The molecule has 1 atom stereocenters. The fraction of sp³-hybridized carbons (Fsp3) is 0.250. The van der Waals surface area contributed by atoms with Crippen molar-refractivity contribution in [3.8, 4) is 5.75 Å². The molecule has 0 aliphatic rings. The van der Waals surface area contributed by atoms with Crippen molar-refractivity contribution in [1.29, 1.82) is 0 Å². The fourth-order valence-corrected chi connectivity index (χ4v) is 4.10. The van der Waals surface area contributed by atoms with E-state index in [1.807, 2.05) is 37.3 Å². The number of nitrogens with zero attached hydrogens (tertiary/aromatic N) is 2. The third-order valence-electron chi connectivity index (χ3n) is 4.15. The van der Waals surface area contributed by atoms with Gasteiger partial charge < -0.3 is 10.1 Å². The molecule has 0 spiro atoms. The lowest BCUT2D eigenvalue weighted by molar-refractivity contribution is -0.115. The Kier molecular flexibility index (Phi) is 7.00. The molecule has 9 heteroatoms. The highest BCUT2D eigenvalue weighted by atomic mass is 35.5. The Morgan fingerprint density at radius 2 is 2.07 bits per heavy atom. The van der Waals surface area contributed by atoms with E-state index in [1.54, 1.807) is 18.2 Å². The number of hydrogen-bond donors (Lipinski definition) is 2. The van der Waals surface area contributed by atoms with Gasteiger partial charge in [0.05, 0.1) is 12.1 Å². The number of carbonyl (C=O) groups excluding carboxylic acids is 1. The van der Waals surface area contributed by atoms with Gasteiger partial charge in [-0.05, 0) is 30.2 Å². The Balaban J connectivity index is 1.89. The number of nitrogens with one attached hydrogen (secondary N) is 2. The van der Waals surface area contributed by atoms with Gasteiger partial charge in [0.25, 0.3) is 0 Å². The van der Waals surface area contributed by atoms with Crippen LogP contribution >= 0.6 is 23.4 Å². The van der Waals surface area contributed by atoms with Gasteiger partial charge in [-0.3, -0.25) is 9.36 Å². The molecule has 7 nitrogen and oxygen atoms in total. The highest BCUT2D eigenvalue weighted by Crippen LogP contribution is 2.35. The molecule has 1 heterocycles. The minimum atomic E-state index is -0.608. The molecule has 0 saturated carbocycles. The number of ether oxygens (including phenoxy) is 1. The minimum Gasteiger partial charge on any atom is -0.495 e. The first-order valence-electron chi connectivity index (χ1n) is 9.04. The number of amides is 1. The van der Waals surface area contributed by atoms with Crippen LogP contribution in [0.3, 0.4) is 0 Å². The van der Waals surface area contributed by atoms with Gasteiger partial charge in [0.15, 0.2) is 5.16 Å². The fourth-order valence-electron chi connectivity index (χ4n) is 2.77. The van der Waals surface area contributed by atoms with Crippen molar-refractivity contribution < 1.29 is 9.53 Å². The van der Waals surface area contributed by atoms with Crippen LogP contribution in [0.4, 0.5) is 5.69 Å². The largest absolute Gasteiger partial charge is 0.495 e. The molecule has 0 saturated heterocycles. The summed E-state index contributed by atoms with van der Waals surface area (Å²) in [5, 5.41) is 9.70. The molecule has 3 aromatic rings. The molecule has 152 valence electrons. The number of benzene rings is 2. The Morgan fingerprint density at radius 1 is 1.31 bits per heavy atom. The number of hydrogen-bond acceptors (Lipinski definition) is 5. The summed E-state index contributed by atoms with van der Waals surface area (Å²) >= 11 is 7.38. The molecule has 0 radical (unpaired) electrons. The molecule has 1 amide bonds. The second kappa shape index (κ2) is 9.67. The van der Waals surface area contributed by atoms with Crippen molar-refractivity contribution in [2.45, 2.75) is 30.3 Å². The van der Waals surface area contributed by atoms with E-state index in [2.05, 4.69) is 15.5 Å². The smallest absolute Gasteiger partial charge is 0.343 e. The number of methoxy groups -OCH3 is 1. The van der Waals surface area contributed by atoms with E-state index in [0.29, 0.717) is 28.2 Å². The van der Waals surface area contributed by atoms with Gasteiger partial charge >= 0.3 is 5.69 Å². The summed E-state index contributed by atoms with van der Waals surface area (Å²) in [5.74, 6) is 0.277. The second-order valence-electron chi connectivity index (χ2n) is 6.21. The van der Waals surface area contributed by atoms with Crippen LogP contribution in [0.15, 0.2) is 58.5 Å². The van der Waals surface area contributed by atoms with Crippen molar-refractivity contribution >= 4 is 35.0 Å². The van der Waals surface area contributed by atoms with Crippen molar-refractivity contribution in [3.05, 3.63) is 69.6 Å². The first-order chi connectivity index (χ1) is 14.0. The zero-order valence-electron chi connectivity index (χ0n) is 16.0. The molecular formula is C20H21ClN4O3S. The highest BCUT2D eigenvalue weighted by molar-refractivity contribution is 8.00. The van der Waals surface area contributed by atoms with Crippen molar-refractivity contribution in [2.75, 3.05) is 12.4 Å². The molecule has 3 rings (SSSR count). The Labute approximate surface area is 177 Å². The molecule has 0 aliphatic carbocycles. The lowest BCUT2D eigenvalue weighted by Gasteiger charge is -2.17. The van der Waals surface area contributed by atoms with Gasteiger partial charge in [-0.25, -0.2) is 9.89 Å². The summed E-state index contributed by atoms with van der Waals surface area (Å²) in [5.41, 5.74) is 1.06. The van der Waals surface area contributed by atoms with E-state index in [0.717, 1.165) is 12.0 Å².